The van der Waals surface area contributed by atoms with Gasteiger partial charge in [-0.1, -0.05) is 54.6 Å². The Morgan fingerprint density at radius 3 is 2.26 bits per heavy atom. The first kappa shape index (κ1) is 25.4. The van der Waals surface area contributed by atoms with Gasteiger partial charge in [0.25, 0.3) is 0 Å². The number of ether oxygens (including phenoxy) is 1. The lowest BCUT2D eigenvalue weighted by Gasteiger charge is -2.32. The molecule has 1 aliphatic rings. The third-order valence-corrected chi connectivity index (χ3v) is 6.28. The number of carbonyl (C=O) groups excluding carboxylic acids is 2. The first-order chi connectivity index (χ1) is 16.4. The maximum Gasteiger partial charge on any atom is 0.323 e. The molecule has 0 fully saturated rings. The second-order valence-electron chi connectivity index (χ2n) is 8.72. The van der Waals surface area contributed by atoms with Gasteiger partial charge < -0.3 is 14.7 Å². The van der Waals surface area contributed by atoms with Crippen LogP contribution in [0.3, 0.4) is 0 Å². The quantitative estimate of drug-likeness (QED) is 0.467. The van der Waals surface area contributed by atoms with E-state index in [9.17, 15) is 19.5 Å². The average Bonchev–Trinajstić information content (AvgIpc) is 3.26. The van der Waals surface area contributed by atoms with Crippen molar-refractivity contribution in [1.82, 2.24) is 10.2 Å². The molecule has 0 bridgehead atoms. The second kappa shape index (κ2) is 12.3. The predicted molar refractivity (Wildman–Crippen MR) is 129 cm³/mol. The van der Waals surface area contributed by atoms with Gasteiger partial charge in [0.05, 0.1) is 19.1 Å². The Bertz CT molecular complexity index is 953. The highest BCUT2D eigenvalue weighted by Gasteiger charge is 2.34. The maximum absolute atomic E-state index is 13.5. The Kier molecular flexibility index (Phi) is 9.22. The molecule has 182 valence electrons. The lowest BCUT2D eigenvalue weighted by atomic mass is 10.0. The number of aryl methyl sites for hydroxylation is 1. The summed E-state index contributed by atoms with van der Waals surface area (Å²) < 4.78 is 5.25. The molecule has 7 nitrogen and oxygen atoms in total. The summed E-state index contributed by atoms with van der Waals surface area (Å²) in [6.45, 7) is 3.88. The van der Waals surface area contributed by atoms with Crippen molar-refractivity contribution >= 4 is 17.8 Å². The second-order valence-corrected chi connectivity index (χ2v) is 8.72. The highest BCUT2D eigenvalue weighted by molar-refractivity contribution is 5.84. The Morgan fingerprint density at radius 1 is 1.06 bits per heavy atom. The summed E-state index contributed by atoms with van der Waals surface area (Å²) in [7, 11) is 0. The molecular formula is C27H34N2O5. The van der Waals surface area contributed by atoms with E-state index in [4.69, 9.17) is 4.74 Å². The summed E-state index contributed by atoms with van der Waals surface area (Å²) in [5.41, 5.74) is 3.48. The topological polar surface area (TPSA) is 95.9 Å². The van der Waals surface area contributed by atoms with Gasteiger partial charge in [-0.2, -0.15) is 0 Å². The van der Waals surface area contributed by atoms with Crippen LogP contribution in [0, 0.1) is 0 Å². The van der Waals surface area contributed by atoms with Crippen molar-refractivity contribution in [3.63, 3.8) is 0 Å². The SMILES string of the molecule is CCOC(=O)C(CCc1ccccc1)N[C@@H](C)C(=O)N(CCC(=O)O)C1Cc2ccccc2C1. The van der Waals surface area contributed by atoms with E-state index in [1.165, 1.54) is 11.1 Å². The van der Waals surface area contributed by atoms with Crippen molar-refractivity contribution in [2.24, 2.45) is 0 Å². The van der Waals surface area contributed by atoms with E-state index in [2.05, 4.69) is 17.4 Å². The molecule has 7 heteroatoms. The smallest absolute Gasteiger partial charge is 0.323 e. The van der Waals surface area contributed by atoms with Gasteiger partial charge in [0.1, 0.15) is 6.04 Å². The first-order valence-corrected chi connectivity index (χ1v) is 11.9. The molecule has 3 rings (SSSR count). The number of hydrogen-bond acceptors (Lipinski definition) is 5. The fourth-order valence-corrected chi connectivity index (χ4v) is 4.53. The summed E-state index contributed by atoms with van der Waals surface area (Å²) in [5.74, 6) is -1.53. The van der Waals surface area contributed by atoms with Crippen LogP contribution in [0.2, 0.25) is 0 Å². The molecule has 0 aliphatic heterocycles. The molecule has 1 amide bonds. The average molecular weight is 467 g/mol. The van der Waals surface area contributed by atoms with E-state index in [1.807, 2.05) is 42.5 Å². The van der Waals surface area contributed by atoms with Gasteiger partial charge in [-0.05, 0) is 56.2 Å². The standard InChI is InChI=1S/C27H34N2O5/c1-3-34-27(33)24(14-13-20-9-5-4-6-10-20)28-19(2)26(32)29(16-15-25(30)31)23-17-21-11-7-8-12-22(21)18-23/h4-12,19,23-24,28H,3,13-18H2,1-2H3,(H,30,31)/t19-,24?/m0/s1. The number of carboxylic acid groups (broad SMARTS) is 1. The summed E-state index contributed by atoms with van der Waals surface area (Å²) in [6.07, 6.45) is 2.43. The number of rotatable bonds is 12. The summed E-state index contributed by atoms with van der Waals surface area (Å²) in [4.78, 5) is 39.1. The highest BCUT2D eigenvalue weighted by atomic mass is 16.5. The summed E-state index contributed by atoms with van der Waals surface area (Å²) in [5, 5.41) is 12.4. The van der Waals surface area contributed by atoms with Crippen LogP contribution in [-0.2, 0) is 38.4 Å². The molecule has 1 aliphatic carbocycles. The lowest BCUT2D eigenvalue weighted by molar-refractivity contribution is -0.146. The zero-order valence-corrected chi connectivity index (χ0v) is 19.9. The zero-order chi connectivity index (χ0) is 24.5. The number of benzene rings is 2. The van der Waals surface area contributed by atoms with Crippen LogP contribution in [0.25, 0.3) is 0 Å². The number of nitrogens with zero attached hydrogens (tertiary/aromatic N) is 1. The molecule has 2 N–H and O–H groups in total. The minimum absolute atomic E-state index is 0.0983. The molecule has 34 heavy (non-hydrogen) atoms. The summed E-state index contributed by atoms with van der Waals surface area (Å²) >= 11 is 0. The number of fused-ring (bicyclic) bond motifs is 1. The van der Waals surface area contributed by atoms with Crippen LogP contribution < -0.4 is 5.32 Å². The number of nitrogens with one attached hydrogen (secondary N) is 1. The van der Waals surface area contributed by atoms with Crippen LogP contribution >= 0.6 is 0 Å². The number of carboxylic acids is 1. The predicted octanol–water partition coefficient (Wildman–Crippen LogP) is 3.00. The number of amides is 1. The van der Waals surface area contributed by atoms with Gasteiger partial charge in [0.15, 0.2) is 0 Å². The van der Waals surface area contributed by atoms with Crippen molar-refractivity contribution in [3.8, 4) is 0 Å². The van der Waals surface area contributed by atoms with Gasteiger partial charge in [0.2, 0.25) is 5.91 Å². The largest absolute Gasteiger partial charge is 0.481 e. The number of aliphatic carboxylic acids is 1. The Labute approximate surface area is 201 Å². The first-order valence-electron chi connectivity index (χ1n) is 11.9. The van der Waals surface area contributed by atoms with Crippen LogP contribution in [0.1, 0.15) is 43.4 Å². The summed E-state index contributed by atoms with van der Waals surface area (Å²) in [6, 6.07) is 16.5. The molecule has 0 aromatic heterocycles. The van der Waals surface area contributed by atoms with E-state index in [0.29, 0.717) is 25.7 Å². The molecule has 0 spiro atoms. The van der Waals surface area contributed by atoms with E-state index >= 15 is 0 Å². The molecule has 0 heterocycles. The van der Waals surface area contributed by atoms with Crippen LogP contribution in [-0.4, -0.2) is 59.1 Å². The van der Waals surface area contributed by atoms with E-state index < -0.39 is 18.1 Å². The number of hydrogen-bond donors (Lipinski definition) is 2. The molecule has 0 saturated carbocycles. The van der Waals surface area contributed by atoms with Crippen LogP contribution in [0.4, 0.5) is 0 Å². The zero-order valence-electron chi connectivity index (χ0n) is 19.9. The minimum Gasteiger partial charge on any atom is -0.481 e. The van der Waals surface area contributed by atoms with Crippen molar-refractivity contribution in [2.75, 3.05) is 13.2 Å². The van der Waals surface area contributed by atoms with E-state index in [-0.39, 0.29) is 37.5 Å². The van der Waals surface area contributed by atoms with E-state index in [0.717, 1.165) is 5.56 Å². The van der Waals surface area contributed by atoms with Gasteiger partial charge in [0, 0.05) is 12.6 Å². The molecule has 1 unspecified atom stereocenters. The Hall–Kier alpha value is -3.19. The van der Waals surface area contributed by atoms with Crippen molar-refractivity contribution < 1.29 is 24.2 Å². The number of esters is 1. The fourth-order valence-electron chi connectivity index (χ4n) is 4.53. The van der Waals surface area contributed by atoms with Gasteiger partial charge in [-0.3, -0.25) is 19.7 Å². The highest BCUT2D eigenvalue weighted by Crippen LogP contribution is 2.26. The number of carbonyl (C=O) groups is 3. The van der Waals surface area contributed by atoms with Crippen molar-refractivity contribution in [3.05, 3.63) is 71.3 Å². The van der Waals surface area contributed by atoms with Crippen LogP contribution in [0.5, 0.6) is 0 Å². The molecular weight excluding hydrogens is 432 g/mol. The molecule has 2 aromatic carbocycles. The lowest BCUT2D eigenvalue weighted by Crippen LogP contribution is -2.54. The third kappa shape index (κ3) is 6.90. The van der Waals surface area contributed by atoms with Crippen molar-refractivity contribution in [1.29, 1.82) is 0 Å². The molecule has 0 saturated heterocycles. The molecule has 0 radical (unpaired) electrons. The van der Waals surface area contributed by atoms with Gasteiger partial charge >= 0.3 is 11.9 Å². The maximum atomic E-state index is 13.5. The Balaban J connectivity index is 1.70. The molecule has 2 atom stereocenters. The van der Waals surface area contributed by atoms with E-state index in [1.54, 1.807) is 18.7 Å². The molecule has 2 aromatic rings. The van der Waals surface area contributed by atoms with Gasteiger partial charge in [-0.25, -0.2) is 0 Å². The van der Waals surface area contributed by atoms with Gasteiger partial charge in [-0.15, -0.1) is 0 Å². The fraction of sp³-hybridized carbons (Fsp3) is 0.444. The normalized spacial score (nSPS) is 14.8. The van der Waals surface area contributed by atoms with Crippen molar-refractivity contribution in [2.45, 2.75) is 64.1 Å². The third-order valence-electron chi connectivity index (χ3n) is 6.28. The monoisotopic (exact) mass is 466 g/mol. The minimum atomic E-state index is -0.943. The van der Waals surface area contributed by atoms with Crippen LogP contribution in [0.15, 0.2) is 54.6 Å². The Morgan fingerprint density at radius 2 is 1.68 bits per heavy atom.